The third kappa shape index (κ3) is 22.2. The van der Waals surface area contributed by atoms with Gasteiger partial charge in [-0.15, -0.1) is 0 Å². The molecule has 0 aromatic rings. The van der Waals surface area contributed by atoms with Crippen molar-refractivity contribution in [3.63, 3.8) is 0 Å². The molecule has 2 nitrogen and oxygen atoms in total. The highest BCUT2D eigenvalue weighted by Crippen LogP contribution is 2.11. The van der Waals surface area contributed by atoms with Crippen molar-refractivity contribution in [3.05, 3.63) is 0 Å². The minimum atomic E-state index is 1.17. The first kappa shape index (κ1) is 27.9. The van der Waals surface area contributed by atoms with Crippen molar-refractivity contribution in [3.8, 4) is 0 Å². The molecule has 0 saturated carbocycles. The van der Waals surface area contributed by atoms with Crippen molar-refractivity contribution < 1.29 is 0 Å². The van der Waals surface area contributed by atoms with Gasteiger partial charge in [0.1, 0.15) is 0 Å². The van der Waals surface area contributed by atoms with Crippen LogP contribution in [0.5, 0.6) is 0 Å². The third-order valence-corrected chi connectivity index (χ3v) is 5.93. The Labute approximate surface area is 179 Å². The van der Waals surface area contributed by atoms with Crippen LogP contribution in [0.4, 0.5) is 0 Å². The number of hydrogen-bond acceptors (Lipinski definition) is 2. The molecule has 0 spiro atoms. The predicted octanol–water partition coefficient (Wildman–Crippen LogP) is 8.65. The highest BCUT2D eigenvalue weighted by Gasteiger charge is 2.04. The second-order valence-corrected chi connectivity index (χ2v) is 8.91. The molecule has 0 radical (unpaired) electrons. The number of hydrogen-bond donors (Lipinski definition) is 1. The van der Waals surface area contributed by atoms with Crippen LogP contribution in [0, 0.1) is 0 Å². The van der Waals surface area contributed by atoms with Gasteiger partial charge in [0.2, 0.25) is 0 Å². The monoisotopic (exact) mass is 396 g/mol. The maximum absolute atomic E-state index is 3.75. The summed E-state index contributed by atoms with van der Waals surface area (Å²) >= 11 is 0. The lowest BCUT2D eigenvalue weighted by Crippen LogP contribution is -2.40. The van der Waals surface area contributed by atoms with Gasteiger partial charge >= 0.3 is 0 Å². The van der Waals surface area contributed by atoms with Crippen LogP contribution < -0.4 is 5.43 Å². The van der Waals surface area contributed by atoms with E-state index in [-0.39, 0.29) is 0 Å². The SMILES string of the molecule is CCCCCCCCCCN(CCCCCCCCCC)NCCCCCC. The number of hydrazine groups is 1. The number of nitrogens with one attached hydrogen (secondary N) is 1. The summed E-state index contributed by atoms with van der Waals surface area (Å²) < 4.78 is 0. The van der Waals surface area contributed by atoms with Crippen molar-refractivity contribution in [1.82, 2.24) is 10.4 Å². The number of rotatable bonds is 24. The zero-order valence-corrected chi connectivity index (χ0v) is 20.2. The molecule has 0 saturated heterocycles. The fraction of sp³-hybridized carbons (Fsp3) is 1.00. The lowest BCUT2D eigenvalue weighted by molar-refractivity contribution is 0.177. The summed E-state index contributed by atoms with van der Waals surface area (Å²) in [4.78, 5) is 0. The predicted molar refractivity (Wildman–Crippen MR) is 129 cm³/mol. The van der Waals surface area contributed by atoms with Crippen LogP contribution in [0.25, 0.3) is 0 Å². The third-order valence-electron chi connectivity index (χ3n) is 5.93. The Morgan fingerprint density at radius 3 is 1.11 bits per heavy atom. The summed E-state index contributed by atoms with van der Waals surface area (Å²) in [6.45, 7) is 10.6. The molecule has 0 aromatic carbocycles. The van der Waals surface area contributed by atoms with Gasteiger partial charge in [-0.1, -0.05) is 130 Å². The lowest BCUT2D eigenvalue weighted by Gasteiger charge is -2.23. The maximum Gasteiger partial charge on any atom is 0.0130 e. The van der Waals surface area contributed by atoms with E-state index >= 15 is 0 Å². The van der Waals surface area contributed by atoms with Crippen LogP contribution in [0.1, 0.15) is 149 Å². The van der Waals surface area contributed by atoms with E-state index in [4.69, 9.17) is 0 Å². The summed E-state index contributed by atoms with van der Waals surface area (Å²) in [5, 5.41) is 2.56. The first-order chi connectivity index (χ1) is 13.8. The van der Waals surface area contributed by atoms with Gasteiger partial charge in [-0.2, -0.15) is 0 Å². The van der Waals surface area contributed by atoms with E-state index in [1.54, 1.807) is 0 Å². The molecular formula is C26H56N2. The minimum absolute atomic E-state index is 1.17. The van der Waals surface area contributed by atoms with E-state index in [1.807, 2.05) is 0 Å². The molecular weight excluding hydrogens is 340 g/mol. The Morgan fingerprint density at radius 2 is 0.714 bits per heavy atom. The van der Waals surface area contributed by atoms with Crippen molar-refractivity contribution in [2.75, 3.05) is 19.6 Å². The number of unbranched alkanes of at least 4 members (excludes halogenated alkanes) is 17. The Hall–Kier alpha value is -0.0800. The quantitative estimate of drug-likeness (QED) is 0.130. The van der Waals surface area contributed by atoms with Gasteiger partial charge in [-0.25, -0.2) is 5.01 Å². The zero-order chi connectivity index (χ0) is 20.5. The Morgan fingerprint density at radius 1 is 0.393 bits per heavy atom. The van der Waals surface area contributed by atoms with Gasteiger partial charge in [0.05, 0.1) is 0 Å². The van der Waals surface area contributed by atoms with Gasteiger partial charge in [0.25, 0.3) is 0 Å². The molecule has 170 valence electrons. The molecule has 0 heterocycles. The largest absolute Gasteiger partial charge is 0.255 e. The summed E-state index contributed by atoms with van der Waals surface area (Å²) in [6, 6.07) is 0. The molecule has 2 heteroatoms. The highest BCUT2D eigenvalue weighted by molar-refractivity contribution is 4.57. The fourth-order valence-corrected chi connectivity index (χ4v) is 3.93. The average molecular weight is 397 g/mol. The van der Waals surface area contributed by atoms with E-state index in [9.17, 15) is 0 Å². The van der Waals surface area contributed by atoms with E-state index < -0.39 is 0 Å². The normalized spacial score (nSPS) is 11.6. The molecule has 0 aliphatic heterocycles. The molecule has 1 N–H and O–H groups in total. The van der Waals surface area contributed by atoms with Gasteiger partial charge in [0.15, 0.2) is 0 Å². The summed E-state index contributed by atoms with van der Waals surface area (Å²) in [6.07, 6.45) is 28.1. The smallest absolute Gasteiger partial charge is 0.0130 e. The average Bonchev–Trinajstić information content (AvgIpc) is 2.71. The van der Waals surface area contributed by atoms with Crippen molar-refractivity contribution in [1.29, 1.82) is 0 Å². The Kier molecular flexibility index (Phi) is 24.9. The molecule has 0 rings (SSSR count). The van der Waals surface area contributed by atoms with Crippen LogP contribution in [0.2, 0.25) is 0 Å². The summed E-state index contributed by atoms with van der Waals surface area (Å²) in [5.41, 5.74) is 3.75. The zero-order valence-electron chi connectivity index (χ0n) is 20.2. The Balaban J connectivity index is 3.75. The van der Waals surface area contributed by atoms with Crippen LogP contribution in [-0.2, 0) is 0 Å². The second kappa shape index (κ2) is 25.0. The topological polar surface area (TPSA) is 15.3 Å². The van der Waals surface area contributed by atoms with E-state index in [2.05, 4.69) is 31.2 Å². The van der Waals surface area contributed by atoms with Gasteiger partial charge < -0.3 is 0 Å². The van der Waals surface area contributed by atoms with Gasteiger partial charge in [-0.3, -0.25) is 5.43 Å². The molecule has 0 fully saturated rings. The first-order valence-corrected chi connectivity index (χ1v) is 13.3. The summed E-state index contributed by atoms with van der Waals surface area (Å²) in [7, 11) is 0. The lowest BCUT2D eigenvalue weighted by atomic mass is 10.1. The molecule has 0 aliphatic rings. The highest BCUT2D eigenvalue weighted by atomic mass is 15.5. The Bertz CT molecular complexity index is 247. The minimum Gasteiger partial charge on any atom is -0.255 e. The van der Waals surface area contributed by atoms with E-state index in [0.717, 1.165) is 0 Å². The molecule has 28 heavy (non-hydrogen) atoms. The van der Waals surface area contributed by atoms with Crippen LogP contribution in [0.3, 0.4) is 0 Å². The van der Waals surface area contributed by atoms with Gasteiger partial charge in [-0.05, 0) is 19.3 Å². The van der Waals surface area contributed by atoms with Crippen LogP contribution in [0.15, 0.2) is 0 Å². The maximum atomic E-state index is 3.75. The molecule has 0 aliphatic carbocycles. The van der Waals surface area contributed by atoms with Crippen molar-refractivity contribution in [2.24, 2.45) is 0 Å². The molecule has 0 bridgehead atoms. The molecule has 0 unspecified atom stereocenters. The first-order valence-electron chi connectivity index (χ1n) is 13.3. The molecule has 0 aromatic heterocycles. The van der Waals surface area contributed by atoms with E-state index in [0.29, 0.717) is 0 Å². The molecule has 0 amide bonds. The van der Waals surface area contributed by atoms with Crippen molar-refractivity contribution in [2.45, 2.75) is 149 Å². The number of nitrogens with zero attached hydrogens (tertiary/aromatic N) is 1. The van der Waals surface area contributed by atoms with Crippen molar-refractivity contribution >= 4 is 0 Å². The van der Waals surface area contributed by atoms with Gasteiger partial charge in [0, 0.05) is 19.6 Å². The van der Waals surface area contributed by atoms with Crippen LogP contribution in [-0.4, -0.2) is 24.6 Å². The second-order valence-electron chi connectivity index (χ2n) is 8.91. The molecule has 0 atom stereocenters. The summed E-state index contributed by atoms with van der Waals surface area (Å²) in [5.74, 6) is 0. The fourth-order valence-electron chi connectivity index (χ4n) is 3.93. The van der Waals surface area contributed by atoms with Crippen LogP contribution >= 0.6 is 0 Å². The van der Waals surface area contributed by atoms with E-state index in [1.165, 1.54) is 148 Å². The standard InChI is InChI=1S/C26H56N2/c1-4-7-10-13-15-17-19-22-25-28(27-24-21-12-9-6-3)26-23-20-18-16-14-11-8-5-2/h27H,4-26H2,1-3H3.